The van der Waals surface area contributed by atoms with E-state index >= 15 is 0 Å². The molecule has 0 N–H and O–H groups in total. The SMILES string of the molecule is Cc1ccn2c3c(nc2c1)CCC(C(=O)N(C)C1CCS(=O)(=O)C1)C3. The van der Waals surface area contributed by atoms with Crippen LogP contribution in [0.15, 0.2) is 18.3 Å². The molecule has 1 aliphatic carbocycles. The Morgan fingerprint density at radius 3 is 2.88 bits per heavy atom. The fourth-order valence-corrected chi connectivity index (χ4v) is 5.84. The van der Waals surface area contributed by atoms with Crippen LogP contribution in [0.2, 0.25) is 0 Å². The maximum atomic E-state index is 12.9. The fraction of sp³-hybridized carbons (Fsp3) is 0.556. The molecule has 2 aromatic rings. The van der Waals surface area contributed by atoms with Gasteiger partial charge in [0.15, 0.2) is 9.84 Å². The van der Waals surface area contributed by atoms with Gasteiger partial charge in [-0.05, 0) is 43.9 Å². The monoisotopic (exact) mass is 361 g/mol. The molecule has 1 amide bonds. The van der Waals surface area contributed by atoms with E-state index in [1.165, 1.54) is 5.56 Å². The first kappa shape index (κ1) is 16.6. The molecule has 7 heteroatoms. The minimum Gasteiger partial charge on any atom is -0.341 e. The Morgan fingerprint density at radius 1 is 1.36 bits per heavy atom. The van der Waals surface area contributed by atoms with Gasteiger partial charge < -0.3 is 9.30 Å². The molecular weight excluding hydrogens is 338 g/mol. The Kier molecular flexibility index (Phi) is 3.86. The summed E-state index contributed by atoms with van der Waals surface area (Å²) in [6.45, 7) is 2.05. The van der Waals surface area contributed by atoms with Crippen molar-refractivity contribution in [1.29, 1.82) is 0 Å². The van der Waals surface area contributed by atoms with Crippen LogP contribution in [0, 0.1) is 12.8 Å². The summed E-state index contributed by atoms with van der Waals surface area (Å²) in [6.07, 6.45) is 4.82. The first-order chi connectivity index (χ1) is 11.8. The molecule has 0 bridgehead atoms. The van der Waals surface area contributed by atoms with Gasteiger partial charge >= 0.3 is 0 Å². The third-order valence-corrected chi connectivity index (χ3v) is 7.34. The molecule has 6 nitrogen and oxygen atoms in total. The van der Waals surface area contributed by atoms with Crippen molar-refractivity contribution in [3.8, 4) is 0 Å². The first-order valence-corrected chi connectivity index (χ1v) is 10.6. The highest BCUT2D eigenvalue weighted by atomic mass is 32.2. The number of carbonyl (C=O) groups excluding carboxylic acids is 1. The number of rotatable bonds is 2. The van der Waals surface area contributed by atoms with E-state index in [0.717, 1.165) is 29.9 Å². The molecular formula is C18H23N3O3S. The highest BCUT2D eigenvalue weighted by Gasteiger charge is 2.36. The number of pyridine rings is 1. The van der Waals surface area contributed by atoms with Crippen molar-refractivity contribution >= 4 is 21.4 Å². The molecule has 4 rings (SSSR count). The molecule has 1 aliphatic heterocycles. The molecule has 2 aromatic heterocycles. The number of hydrogen-bond donors (Lipinski definition) is 0. The van der Waals surface area contributed by atoms with Gasteiger partial charge in [0, 0.05) is 37.3 Å². The summed E-state index contributed by atoms with van der Waals surface area (Å²) in [6, 6.07) is 3.93. The number of sulfone groups is 1. The van der Waals surface area contributed by atoms with Crippen LogP contribution < -0.4 is 0 Å². The van der Waals surface area contributed by atoms with Crippen LogP contribution in [0.4, 0.5) is 0 Å². The third kappa shape index (κ3) is 2.94. The van der Waals surface area contributed by atoms with Gasteiger partial charge in [-0.3, -0.25) is 4.79 Å². The molecule has 25 heavy (non-hydrogen) atoms. The number of carbonyl (C=O) groups is 1. The number of fused-ring (bicyclic) bond motifs is 3. The van der Waals surface area contributed by atoms with Gasteiger partial charge in [-0.1, -0.05) is 0 Å². The summed E-state index contributed by atoms with van der Waals surface area (Å²) in [7, 11) is -1.23. The fourth-order valence-electron chi connectivity index (χ4n) is 4.07. The molecule has 3 heterocycles. The van der Waals surface area contributed by atoms with E-state index in [1.54, 1.807) is 11.9 Å². The Bertz CT molecular complexity index is 948. The molecule has 2 unspecified atom stereocenters. The summed E-state index contributed by atoms with van der Waals surface area (Å²) < 4.78 is 25.5. The van der Waals surface area contributed by atoms with Crippen molar-refractivity contribution in [2.45, 2.75) is 38.6 Å². The van der Waals surface area contributed by atoms with Crippen molar-refractivity contribution in [3.05, 3.63) is 35.3 Å². The zero-order valence-corrected chi connectivity index (χ0v) is 15.4. The van der Waals surface area contributed by atoms with E-state index in [9.17, 15) is 13.2 Å². The topological polar surface area (TPSA) is 71.8 Å². The van der Waals surface area contributed by atoms with Crippen molar-refractivity contribution in [1.82, 2.24) is 14.3 Å². The standard InChI is InChI=1S/C18H23N3O3S/c1-12-5-7-21-16-10-13(3-4-15(16)19-17(21)9-12)18(22)20(2)14-6-8-25(23,24)11-14/h5,7,9,13-14H,3-4,6,8,10-11H2,1-2H3. The summed E-state index contributed by atoms with van der Waals surface area (Å²) in [4.78, 5) is 19.3. The van der Waals surface area contributed by atoms with Gasteiger partial charge in [0.1, 0.15) is 5.65 Å². The van der Waals surface area contributed by atoms with E-state index in [1.807, 2.05) is 13.1 Å². The van der Waals surface area contributed by atoms with Crippen molar-refractivity contribution in [2.75, 3.05) is 18.6 Å². The lowest BCUT2D eigenvalue weighted by molar-refractivity contribution is -0.136. The van der Waals surface area contributed by atoms with Crippen LogP contribution in [0.1, 0.15) is 29.8 Å². The third-order valence-electron chi connectivity index (χ3n) is 5.59. The van der Waals surface area contributed by atoms with Crippen molar-refractivity contribution < 1.29 is 13.2 Å². The maximum absolute atomic E-state index is 12.9. The minimum atomic E-state index is -2.99. The number of imidazole rings is 1. The highest BCUT2D eigenvalue weighted by Crippen LogP contribution is 2.29. The molecule has 0 radical (unpaired) electrons. The van der Waals surface area contributed by atoms with Gasteiger partial charge in [-0.25, -0.2) is 13.4 Å². The molecule has 2 aliphatic rings. The molecule has 0 spiro atoms. The normalized spacial score (nSPS) is 25.0. The average Bonchev–Trinajstić information content (AvgIpc) is 3.11. The Morgan fingerprint density at radius 2 is 2.16 bits per heavy atom. The number of nitrogens with zero attached hydrogens (tertiary/aromatic N) is 3. The lowest BCUT2D eigenvalue weighted by Gasteiger charge is -2.30. The number of aromatic nitrogens is 2. The smallest absolute Gasteiger partial charge is 0.226 e. The van der Waals surface area contributed by atoms with E-state index in [-0.39, 0.29) is 29.4 Å². The van der Waals surface area contributed by atoms with E-state index in [2.05, 4.69) is 16.5 Å². The van der Waals surface area contributed by atoms with Crippen LogP contribution in [0.3, 0.4) is 0 Å². The second-order valence-corrected chi connectivity index (χ2v) is 9.61. The summed E-state index contributed by atoms with van der Waals surface area (Å²) in [5, 5.41) is 0. The second-order valence-electron chi connectivity index (χ2n) is 7.38. The van der Waals surface area contributed by atoms with Gasteiger partial charge in [-0.15, -0.1) is 0 Å². The van der Waals surface area contributed by atoms with Crippen molar-refractivity contribution in [2.24, 2.45) is 5.92 Å². The van der Waals surface area contributed by atoms with E-state index in [4.69, 9.17) is 4.98 Å². The number of aryl methyl sites for hydroxylation is 2. The summed E-state index contributed by atoms with van der Waals surface area (Å²) in [5.41, 5.74) is 4.31. The second kappa shape index (κ2) is 5.83. The van der Waals surface area contributed by atoms with E-state index in [0.29, 0.717) is 12.8 Å². The first-order valence-electron chi connectivity index (χ1n) is 8.77. The zero-order valence-electron chi connectivity index (χ0n) is 14.6. The lowest BCUT2D eigenvalue weighted by atomic mass is 9.88. The summed E-state index contributed by atoms with van der Waals surface area (Å²) in [5.74, 6) is 0.260. The molecule has 2 atom stereocenters. The number of amides is 1. The quantitative estimate of drug-likeness (QED) is 0.810. The molecule has 0 saturated carbocycles. The van der Waals surface area contributed by atoms with Gasteiger partial charge in [-0.2, -0.15) is 0 Å². The molecule has 1 fully saturated rings. The van der Waals surface area contributed by atoms with Crippen LogP contribution in [-0.4, -0.2) is 53.2 Å². The Labute approximate surface area is 147 Å². The Balaban J connectivity index is 1.55. The van der Waals surface area contributed by atoms with Crippen LogP contribution >= 0.6 is 0 Å². The van der Waals surface area contributed by atoms with Crippen LogP contribution in [-0.2, 0) is 27.5 Å². The molecule has 1 saturated heterocycles. The minimum absolute atomic E-state index is 0.0646. The number of hydrogen-bond acceptors (Lipinski definition) is 4. The molecule has 0 aromatic carbocycles. The summed E-state index contributed by atoms with van der Waals surface area (Å²) >= 11 is 0. The average molecular weight is 361 g/mol. The predicted octanol–water partition coefficient (Wildman–Crippen LogP) is 1.39. The van der Waals surface area contributed by atoms with Crippen LogP contribution in [0.5, 0.6) is 0 Å². The molecule has 134 valence electrons. The predicted molar refractivity (Wildman–Crippen MR) is 95.3 cm³/mol. The Hall–Kier alpha value is -1.89. The van der Waals surface area contributed by atoms with Gasteiger partial charge in [0.25, 0.3) is 0 Å². The van der Waals surface area contributed by atoms with Gasteiger partial charge in [0.2, 0.25) is 5.91 Å². The van der Waals surface area contributed by atoms with E-state index < -0.39 is 9.84 Å². The highest BCUT2D eigenvalue weighted by molar-refractivity contribution is 7.91. The zero-order chi connectivity index (χ0) is 17.8. The van der Waals surface area contributed by atoms with Gasteiger partial charge in [0.05, 0.1) is 17.2 Å². The maximum Gasteiger partial charge on any atom is 0.226 e. The van der Waals surface area contributed by atoms with Crippen LogP contribution in [0.25, 0.3) is 5.65 Å². The lowest BCUT2D eigenvalue weighted by Crippen LogP contribution is -2.42. The largest absolute Gasteiger partial charge is 0.341 e. The van der Waals surface area contributed by atoms with Crippen molar-refractivity contribution in [3.63, 3.8) is 0 Å².